The van der Waals surface area contributed by atoms with Crippen LogP contribution in [0.15, 0.2) is 46.9 Å². The number of ether oxygens (including phenoxy) is 2. The molecule has 2 aromatic rings. The number of hydrogen-bond donors (Lipinski definition) is 2. The molecule has 0 bridgehead atoms. The van der Waals surface area contributed by atoms with Crippen molar-refractivity contribution >= 4 is 39.4 Å². The summed E-state index contributed by atoms with van der Waals surface area (Å²) in [5, 5.41) is 5.06. The van der Waals surface area contributed by atoms with E-state index in [0.717, 1.165) is 10.0 Å². The smallest absolute Gasteiger partial charge is 0.338 e. The third-order valence-electron chi connectivity index (χ3n) is 3.47. The van der Waals surface area contributed by atoms with Gasteiger partial charge in [0, 0.05) is 4.47 Å². The third kappa shape index (κ3) is 6.41. The molecule has 0 atom stereocenters. The lowest BCUT2D eigenvalue weighted by Gasteiger charge is -2.11. The number of anilines is 1. The van der Waals surface area contributed by atoms with Crippen molar-refractivity contribution in [1.82, 2.24) is 5.32 Å². The summed E-state index contributed by atoms with van der Waals surface area (Å²) in [5.74, 6) is -1.11. The molecule has 0 spiro atoms. The van der Waals surface area contributed by atoms with Crippen molar-refractivity contribution in [3.05, 3.63) is 58.1 Å². The molecule has 0 saturated carbocycles. The number of amides is 2. The van der Waals surface area contributed by atoms with E-state index in [1.807, 2.05) is 13.0 Å². The van der Waals surface area contributed by atoms with Gasteiger partial charge in [-0.3, -0.25) is 9.59 Å². The monoisotopic (exact) mass is 434 g/mol. The molecular formula is C19H19BrN2O5. The Morgan fingerprint density at radius 3 is 2.56 bits per heavy atom. The number of carbonyl (C=O) groups excluding carboxylic acids is 3. The Kier molecular flexibility index (Phi) is 7.36. The third-order valence-corrected chi connectivity index (χ3v) is 3.96. The number of carbonyl (C=O) groups is 3. The standard InChI is InChI=1S/C19H19BrN2O5/c1-12-6-7-16(26-2)15(8-12)22-17(23)10-21-18(24)11-27-19(25)13-4-3-5-14(20)9-13/h3-9H,10-11H2,1-2H3,(H,21,24)(H,22,23). The molecule has 2 aromatic carbocycles. The average Bonchev–Trinajstić information content (AvgIpc) is 2.64. The highest BCUT2D eigenvalue weighted by molar-refractivity contribution is 9.10. The van der Waals surface area contributed by atoms with E-state index >= 15 is 0 Å². The van der Waals surface area contributed by atoms with E-state index in [1.54, 1.807) is 36.4 Å². The van der Waals surface area contributed by atoms with E-state index in [-0.39, 0.29) is 6.54 Å². The molecule has 0 aliphatic heterocycles. The maximum absolute atomic E-state index is 12.0. The summed E-state index contributed by atoms with van der Waals surface area (Å²) in [6, 6.07) is 12.0. The minimum Gasteiger partial charge on any atom is -0.495 e. The molecule has 0 aromatic heterocycles. The van der Waals surface area contributed by atoms with Crippen LogP contribution in [-0.2, 0) is 14.3 Å². The molecule has 142 valence electrons. The predicted octanol–water partition coefficient (Wildman–Crippen LogP) is 2.68. The zero-order valence-corrected chi connectivity index (χ0v) is 16.5. The first-order chi connectivity index (χ1) is 12.9. The fourth-order valence-electron chi connectivity index (χ4n) is 2.17. The SMILES string of the molecule is COc1ccc(C)cc1NC(=O)CNC(=O)COC(=O)c1cccc(Br)c1. The summed E-state index contributed by atoms with van der Waals surface area (Å²) in [4.78, 5) is 35.6. The van der Waals surface area contributed by atoms with Gasteiger partial charge in [-0.1, -0.05) is 28.1 Å². The molecule has 0 saturated heterocycles. The Morgan fingerprint density at radius 1 is 1.07 bits per heavy atom. The lowest BCUT2D eigenvalue weighted by atomic mass is 10.2. The Hall–Kier alpha value is -2.87. The zero-order chi connectivity index (χ0) is 19.8. The van der Waals surface area contributed by atoms with E-state index in [2.05, 4.69) is 26.6 Å². The highest BCUT2D eigenvalue weighted by Gasteiger charge is 2.12. The molecule has 7 nitrogen and oxygen atoms in total. The molecule has 0 aliphatic carbocycles. The minimum atomic E-state index is -0.625. The first-order valence-corrected chi connectivity index (χ1v) is 8.82. The van der Waals surface area contributed by atoms with Crippen molar-refractivity contribution in [2.24, 2.45) is 0 Å². The van der Waals surface area contributed by atoms with Crippen molar-refractivity contribution in [3.63, 3.8) is 0 Å². The van der Waals surface area contributed by atoms with Crippen molar-refractivity contribution in [2.45, 2.75) is 6.92 Å². The van der Waals surface area contributed by atoms with Crippen molar-refractivity contribution in [3.8, 4) is 5.75 Å². The molecule has 0 aliphatic rings. The number of benzene rings is 2. The normalized spacial score (nSPS) is 10.0. The maximum Gasteiger partial charge on any atom is 0.338 e. The number of methoxy groups -OCH3 is 1. The molecule has 2 rings (SSSR count). The second-order valence-corrected chi connectivity index (χ2v) is 6.53. The van der Waals surface area contributed by atoms with Crippen LogP contribution in [-0.4, -0.2) is 38.0 Å². The van der Waals surface area contributed by atoms with Crippen LogP contribution in [0.5, 0.6) is 5.75 Å². The van der Waals surface area contributed by atoms with Crippen molar-refractivity contribution in [2.75, 3.05) is 25.6 Å². The van der Waals surface area contributed by atoms with Gasteiger partial charge in [0.05, 0.1) is 24.9 Å². The summed E-state index contributed by atoms with van der Waals surface area (Å²) in [5.41, 5.74) is 1.79. The molecular weight excluding hydrogens is 416 g/mol. The molecule has 2 N–H and O–H groups in total. The second kappa shape index (κ2) is 9.72. The van der Waals surface area contributed by atoms with E-state index in [4.69, 9.17) is 9.47 Å². The zero-order valence-electron chi connectivity index (χ0n) is 14.9. The summed E-state index contributed by atoms with van der Waals surface area (Å²) in [6.07, 6.45) is 0. The number of esters is 1. The number of aryl methyl sites for hydroxylation is 1. The maximum atomic E-state index is 12.0. The molecule has 8 heteroatoms. The van der Waals surface area contributed by atoms with Gasteiger partial charge in [-0.25, -0.2) is 4.79 Å². The van der Waals surface area contributed by atoms with E-state index in [9.17, 15) is 14.4 Å². The van der Waals surface area contributed by atoms with Crippen LogP contribution in [0, 0.1) is 6.92 Å². The Balaban J connectivity index is 1.79. The van der Waals surface area contributed by atoms with Gasteiger partial charge in [0.25, 0.3) is 5.91 Å². The van der Waals surface area contributed by atoms with Gasteiger partial charge in [-0.05, 0) is 42.8 Å². The van der Waals surface area contributed by atoms with Gasteiger partial charge in [0.2, 0.25) is 5.91 Å². The van der Waals surface area contributed by atoms with Crippen LogP contribution < -0.4 is 15.4 Å². The lowest BCUT2D eigenvalue weighted by Crippen LogP contribution is -2.35. The topological polar surface area (TPSA) is 93.7 Å². The molecule has 0 fully saturated rings. The summed E-state index contributed by atoms with van der Waals surface area (Å²) >= 11 is 3.25. The number of rotatable bonds is 7. The Labute approximate surface area is 165 Å². The van der Waals surface area contributed by atoms with Gasteiger partial charge in [-0.2, -0.15) is 0 Å². The Morgan fingerprint density at radius 2 is 1.85 bits per heavy atom. The van der Waals surface area contributed by atoms with Crippen molar-refractivity contribution < 1.29 is 23.9 Å². The van der Waals surface area contributed by atoms with Crippen LogP contribution in [0.4, 0.5) is 5.69 Å². The van der Waals surface area contributed by atoms with Crippen LogP contribution >= 0.6 is 15.9 Å². The summed E-state index contributed by atoms with van der Waals surface area (Å²) in [7, 11) is 1.50. The largest absolute Gasteiger partial charge is 0.495 e. The average molecular weight is 435 g/mol. The van der Waals surface area contributed by atoms with Gasteiger partial charge in [0.1, 0.15) is 5.75 Å². The van der Waals surface area contributed by atoms with Crippen LogP contribution in [0.3, 0.4) is 0 Å². The molecule has 2 amide bonds. The number of nitrogens with one attached hydrogen (secondary N) is 2. The first kappa shape index (κ1) is 20.4. The summed E-state index contributed by atoms with van der Waals surface area (Å²) in [6.45, 7) is 1.15. The highest BCUT2D eigenvalue weighted by Crippen LogP contribution is 2.24. The number of hydrogen-bond acceptors (Lipinski definition) is 5. The fourth-order valence-corrected chi connectivity index (χ4v) is 2.57. The van der Waals surface area contributed by atoms with Gasteiger partial charge in [0.15, 0.2) is 6.61 Å². The van der Waals surface area contributed by atoms with Gasteiger partial charge in [-0.15, -0.1) is 0 Å². The van der Waals surface area contributed by atoms with Crippen LogP contribution in [0.25, 0.3) is 0 Å². The van der Waals surface area contributed by atoms with Crippen LogP contribution in [0.1, 0.15) is 15.9 Å². The summed E-state index contributed by atoms with van der Waals surface area (Å²) < 4.78 is 10.8. The number of halogens is 1. The van der Waals surface area contributed by atoms with Gasteiger partial charge >= 0.3 is 5.97 Å². The predicted molar refractivity (Wildman–Crippen MR) is 104 cm³/mol. The highest BCUT2D eigenvalue weighted by atomic mass is 79.9. The molecule has 0 radical (unpaired) electrons. The minimum absolute atomic E-state index is 0.260. The Bertz CT molecular complexity index is 854. The van der Waals surface area contributed by atoms with Crippen molar-refractivity contribution in [1.29, 1.82) is 0 Å². The molecule has 0 heterocycles. The molecule has 0 unspecified atom stereocenters. The van der Waals surface area contributed by atoms with E-state index in [1.165, 1.54) is 7.11 Å². The second-order valence-electron chi connectivity index (χ2n) is 5.62. The van der Waals surface area contributed by atoms with Crippen LogP contribution in [0.2, 0.25) is 0 Å². The lowest BCUT2D eigenvalue weighted by molar-refractivity contribution is -0.126. The first-order valence-electron chi connectivity index (χ1n) is 8.03. The quantitative estimate of drug-likeness (QED) is 0.653. The molecule has 27 heavy (non-hydrogen) atoms. The van der Waals surface area contributed by atoms with E-state index in [0.29, 0.717) is 17.0 Å². The van der Waals surface area contributed by atoms with E-state index < -0.39 is 24.4 Å². The fraction of sp³-hybridized carbons (Fsp3) is 0.211. The van der Waals surface area contributed by atoms with Gasteiger partial charge < -0.3 is 20.1 Å².